The zero-order valence-electron chi connectivity index (χ0n) is 38.7. The molecule has 12 nitrogen and oxygen atoms in total. The lowest BCUT2D eigenvalue weighted by atomic mass is 9.93. The standard InChI is InChI=1S/2C26H37N3O3/c2*1-31-24-16-22-20-9-5-10-21(20)26(27-18-7-4-8-19(30)15-18)28-23(22)17-25(24)32-14-6-13-29-11-2-3-12-29/h2*16-19,30H,2-15H2,1H3,(H,27,28)/t2*18-,19+/m10/s1. The van der Waals surface area contributed by atoms with Crippen molar-refractivity contribution in [1.82, 2.24) is 19.8 Å². The van der Waals surface area contributed by atoms with Crippen molar-refractivity contribution in [3.05, 3.63) is 46.5 Å². The van der Waals surface area contributed by atoms with E-state index in [1.54, 1.807) is 14.2 Å². The first-order chi connectivity index (χ1) is 31.4. The number of benzene rings is 2. The first-order valence-corrected chi connectivity index (χ1v) is 25.1. The number of hydrogen-bond acceptors (Lipinski definition) is 12. The number of aryl methyl sites for hydroxylation is 2. The van der Waals surface area contributed by atoms with Crippen LogP contribution in [-0.4, -0.2) is 121 Å². The Labute approximate surface area is 380 Å². The van der Waals surface area contributed by atoms with Crippen molar-refractivity contribution in [3.8, 4) is 23.0 Å². The van der Waals surface area contributed by atoms with E-state index in [1.807, 2.05) is 0 Å². The Bertz CT molecular complexity index is 2040. The van der Waals surface area contributed by atoms with E-state index in [-0.39, 0.29) is 12.2 Å². The van der Waals surface area contributed by atoms with Crippen LogP contribution >= 0.6 is 0 Å². The number of rotatable bonds is 16. The fourth-order valence-electron chi connectivity index (χ4n) is 11.5. The molecule has 0 spiro atoms. The Morgan fingerprint density at radius 2 is 0.953 bits per heavy atom. The number of nitrogens with one attached hydrogen (secondary N) is 2. The predicted octanol–water partition coefficient (Wildman–Crippen LogP) is 8.62. The summed E-state index contributed by atoms with van der Waals surface area (Å²) >= 11 is 0. The van der Waals surface area contributed by atoms with Crippen molar-refractivity contribution in [1.29, 1.82) is 0 Å². The molecule has 4 heterocycles. The molecule has 2 aromatic heterocycles. The van der Waals surface area contributed by atoms with Crippen LogP contribution in [0.15, 0.2) is 24.3 Å². The number of fused-ring (bicyclic) bond motifs is 6. The summed E-state index contributed by atoms with van der Waals surface area (Å²) in [7, 11) is 3.44. The van der Waals surface area contributed by atoms with Crippen LogP contribution in [0.25, 0.3) is 21.8 Å². The van der Waals surface area contributed by atoms with Gasteiger partial charge in [-0.25, -0.2) is 9.97 Å². The third kappa shape index (κ3) is 10.8. The maximum atomic E-state index is 10.1. The van der Waals surface area contributed by atoms with Gasteiger partial charge >= 0.3 is 0 Å². The van der Waals surface area contributed by atoms with E-state index in [1.165, 1.54) is 84.9 Å². The molecular weight excluding hydrogens is 805 g/mol. The molecule has 2 saturated carbocycles. The normalized spacial score (nSPS) is 23.4. The highest BCUT2D eigenvalue weighted by Gasteiger charge is 2.28. The van der Waals surface area contributed by atoms with Crippen molar-refractivity contribution >= 4 is 33.4 Å². The van der Waals surface area contributed by atoms with Crippen LogP contribution in [0, 0.1) is 0 Å². The third-order valence-corrected chi connectivity index (χ3v) is 14.8. The number of methoxy groups -OCH3 is 2. The molecule has 2 aliphatic heterocycles. The van der Waals surface area contributed by atoms with Gasteiger partial charge in [0.05, 0.1) is 50.7 Å². The summed E-state index contributed by atoms with van der Waals surface area (Å²) in [5.74, 6) is 5.18. The lowest BCUT2D eigenvalue weighted by Crippen LogP contribution is -2.30. The van der Waals surface area contributed by atoms with E-state index < -0.39 is 0 Å². The number of pyridine rings is 2. The Hall–Kier alpha value is -4.10. The van der Waals surface area contributed by atoms with E-state index in [0.29, 0.717) is 25.3 Å². The average molecular weight is 879 g/mol. The van der Waals surface area contributed by atoms with Gasteiger partial charge in [-0.1, -0.05) is 0 Å². The highest BCUT2D eigenvalue weighted by molar-refractivity contribution is 5.90. The summed E-state index contributed by atoms with van der Waals surface area (Å²) in [6.07, 6.45) is 21.3. The number of aliphatic hydroxyl groups is 2. The number of likely N-dealkylation sites (tertiary alicyclic amines) is 2. The van der Waals surface area contributed by atoms with Crippen LogP contribution in [0.2, 0.25) is 0 Å². The van der Waals surface area contributed by atoms with Gasteiger partial charge in [-0.3, -0.25) is 0 Å². The van der Waals surface area contributed by atoms with Crippen LogP contribution in [0.1, 0.15) is 125 Å². The first kappa shape index (κ1) is 45.1. The minimum atomic E-state index is -0.195. The Morgan fingerprint density at radius 1 is 0.531 bits per heavy atom. The van der Waals surface area contributed by atoms with Crippen molar-refractivity contribution in [3.63, 3.8) is 0 Å². The van der Waals surface area contributed by atoms with Crippen molar-refractivity contribution in [2.75, 3.05) is 77.3 Å². The van der Waals surface area contributed by atoms with Crippen molar-refractivity contribution in [2.45, 2.75) is 153 Å². The fourth-order valence-corrected chi connectivity index (χ4v) is 11.5. The number of aromatic nitrogens is 2. The summed E-state index contributed by atoms with van der Waals surface area (Å²) in [5.41, 5.74) is 7.43. The molecule has 0 amide bonds. The number of nitrogens with zero attached hydrogens (tertiary/aromatic N) is 4. The number of hydrogen-bond donors (Lipinski definition) is 4. The molecule has 10 rings (SSSR count). The van der Waals surface area contributed by atoms with Gasteiger partial charge in [0.15, 0.2) is 23.0 Å². The smallest absolute Gasteiger partial charge is 0.163 e. The quantitative estimate of drug-likeness (QED) is 0.0804. The molecule has 4 fully saturated rings. The second-order valence-electron chi connectivity index (χ2n) is 19.4. The third-order valence-electron chi connectivity index (χ3n) is 14.8. The number of aliphatic hydroxyl groups excluding tert-OH is 2. The molecule has 0 unspecified atom stereocenters. The van der Waals surface area contributed by atoms with E-state index in [2.05, 4.69) is 44.7 Å². The van der Waals surface area contributed by atoms with Crippen LogP contribution in [-0.2, 0) is 25.7 Å². The molecule has 0 bridgehead atoms. The van der Waals surface area contributed by atoms with Crippen LogP contribution in [0.3, 0.4) is 0 Å². The molecule has 12 heteroatoms. The summed E-state index contributed by atoms with van der Waals surface area (Å²) in [5, 5.41) is 29.9. The molecule has 2 aromatic carbocycles. The Morgan fingerprint density at radius 3 is 1.36 bits per heavy atom. The van der Waals surface area contributed by atoms with Gasteiger partial charge in [0.2, 0.25) is 0 Å². The minimum Gasteiger partial charge on any atom is -0.493 e. The van der Waals surface area contributed by atoms with Crippen LogP contribution in [0.4, 0.5) is 11.6 Å². The largest absolute Gasteiger partial charge is 0.493 e. The molecule has 6 aliphatic rings. The van der Waals surface area contributed by atoms with E-state index in [9.17, 15) is 10.2 Å². The van der Waals surface area contributed by atoms with Crippen LogP contribution in [0.5, 0.6) is 23.0 Å². The van der Waals surface area contributed by atoms with E-state index in [4.69, 9.17) is 28.9 Å². The van der Waals surface area contributed by atoms with E-state index >= 15 is 0 Å². The molecule has 4 atom stereocenters. The highest BCUT2D eigenvalue weighted by Crippen LogP contribution is 2.42. The lowest BCUT2D eigenvalue weighted by molar-refractivity contribution is 0.124. The lowest BCUT2D eigenvalue weighted by Gasteiger charge is -2.28. The SMILES string of the molecule is COc1cc2c3c(c(N[C@@H]4CCC[C@H](O)C4)nc2cc1OCCCN1CCCC1)CCC3.COc1cc2c3c(c(N[C@H]4CCC[C@@H](O)C4)nc2cc1OCCCN1CCCC1)CCC3. The van der Waals surface area contributed by atoms with Gasteiger partial charge < -0.3 is 49.6 Å². The maximum absolute atomic E-state index is 10.1. The summed E-state index contributed by atoms with van der Waals surface area (Å²) < 4.78 is 23.7. The fraction of sp³-hybridized carbons (Fsp3) is 0.654. The Balaban J connectivity index is 0.000000162. The molecule has 4 aliphatic carbocycles. The molecule has 348 valence electrons. The summed E-state index contributed by atoms with van der Waals surface area (Å²) in [4.78, 5) is 15.2. The molecule has 2 saturated heterocycles. The summed E-state index contributed by atoms with van der Waals surface area (Å²) in [6, 6.07) is 8.96. The first-order valence-electron chi connectivity index (χ1n) is 25.1. The van der Waals surface area contributed by atoms with Crippen molar-refractivity contribution < 1.29 is 29.2 Å². The summed E-state index contributed by atoms with van der Waals surface area (Å²) in [6.45, 7) is 8.48. The van der Waals surface area contributed by atoms with Gasteiger partial charge in [0.25, 0.3) is 0 Å². The molecular formula is C52H74N6O6. The van der Waals surface area contributed by atoms with Gasteiger partial charge in [-0.2, -0.15) is 0 Å². The topological polar surface area (TPSA) is 134 Å². The second kappa shape index (κ2) is 21.5. The van der Waals surface area contributed by atoms with Gasteiger partial charge in [0, 0.05) is 48.1 Å². The maximum Gasteiger partial charge on any atom is 0.163 e. The van der Waals surface area contributed by atoms with Gasteiger partial charge in [-0.15, -0.1) is 0 Å². The second-order valence-corrected chi connectivity index (χ2v) is 19.4. The zero-order valence-corrected chi connectivity index (χ0v) is 38.7. The molecule has 4 aromatic rings. The predicted molar refractivity (Wildman–Crippen MR) is 256 cm³/mol. The number of ether oxygens (including phenoxy) is 4. The molecule has 4 N–H and O–H groups in total. The van der Waals surface area contributed by atoms with Gasteiger partial charge in [0.1, 0.15) is 11.6 Å². The molecule has 64 heavy (non-hydrogen) atoms. The highest BCUT2D eigenvalue weighted by atomic mass is 16.5. The van der Waals surface area contributed by atoms with Crippen LogP contribution < -0.4 is 29.6 Å². The average Bonchev–Trinajstić information content (AvgIpc) is 4.16. The van der Waals surface area contributed by atoms with Gasteiger partial charge in [-0.05, 0) is 189 Å². The Kier molecular flexibility index (Phi) is 15.1. The monoisotopic (exact) mass is 879 g/mol. The van der Waals surface area contributed by atoms with Crippen molar-refractivity contribution in [2.24, 2.45) is 0 Å². The van der Waals surface area contributed by atoms with E-state index in [0.717, 1.165) is 161 Å². The zero-order chi connectivity index (χ0) is 43.8. The minimum absolute atomic E-state index is 0.195. The number of anilines is 2. The molecule has 0 radical (unpaired) electrons.